The van der Waals surface area contributed by atoms with Crippen molar-refractivity contribution in [1.82, 2.24) is 0 Å². The van der Waals surface area contributed by atoms with Crippen LogP contribution >= 0.6 is 0 Å². The number of imide groups is 1. The fraction of sp³-hybridized carbons (Fsp3) is 0.120. The molecule has 0 spiro atoms. The van der Waals surface area contributed by atoms with Crippen LogP contribution in [-0.2, 0) is 9.59 Å². The van der Waals surface area contributed by atoms with E-state index in [2.05, 4.69) is 5.32 Å². The summed E-state index contributed by atoms with van der Waals surface area (Å²) in [4.78, 5) is 27.4. The second-order valence-corrected chi connectivity index (χ2v) is 7.42. The lowest BCUT2D eigenvalue weighted by Gasteiger charge is -2.16. The monoisotopic (exact) mass is 434 g/mol. The largest absolute Gasteiger partial charge is 0.496 e. The van der Waals surface area contributed by atoms with Crippen molar-refractivity contribution in [3.05, 3.63) is 94.7 Å². The summed E-state index contributed by atoms with van der Waals surface area (Å²) in [5.74, 6) is -2.87. The van der Waals surface area contributed by atoms with Crippen LogP contribution in [0.1, 0.15) is 16.7 Å². The molecule has 1 aliphatic heterocycles. The van der Waals surface area contributed by atoms with E-state index >= 15 is 0 Å². The SMILES string of the molecule is COc1ccccc1C1=C(Nc2ccc(C)c(C)c2)C(=O)N(c2cc(F)ccc2F)C1=O. The van der Waals surface area contributed by atoms with E-state index < -0.39 is 29.1 Å². The molecule has 0 aromatic heterocycles. The number of halogens is 2. The van der Waals surface area contributed by atoms with Crippen molar-refractivity contribution in [2.75, 3.05) is 17.3 Å². The minimum Gasteiger partial charge on any atom is -0.496 e. The van der Waals surface area contributed by atoms with Gasteiger partial charge < -0.3 is 10.1 Å². The Morgan fingerprint density at radius 1 is 0.875 bits per heavy atom. The fourth-order valence-electron chi connectivity index (χ4n) is 3.59. The van der Waals surface area contributed by atoms with Crippen LogP contribution < -0.4 is 15.0 Å². The van der Waals surface area contributed by atoms with Gasteiger partial charge in [0, 0.05) is 17.3 Å². The maximum absolute atomic E-state index is 14.5. The highest BCUT2D eigenvalue weighted by molar-refractivity contribution is 6.46. The zero-order valence-corrected chi connectivity index (χ0v) is 17.7. The summed E-state index contributed by atoms with van der Waals surface area (Å²) in [6.07, 6.45) is 0. The first-order valence-corrected chi connectivity index (χ1v) is 9.87. The Hall–Kier alpha value is -4.00. The molecule has 1 heterocycles. The number of hydrogen-bond acceptors (Lipinski definition) is 4. The van der Waals surface area contributed by atoms with Gasteiger partial charge in [0.05, 0.1) is 18.4 Å². The van der Waals surface area contributed by atoms with Gasteiger partial charge in [-0.25, -0.2) is 13.7 Å². The smallest absolute Gasteiger partial charge is 0.282 e. The molecule has 0 aliphatic carbocycles. The lowest BCUT2D eigenvalue weighted by molar-refractivity contribution is -0.120. The average molecular weight is 434 g/mol. The van der Waals surface area contributed by atoms with Crippen molar-refractivity contribution < 1.29 is 23.1 Å². The standard InChI is InChI=1S/C25H20F2N2O3/c1-14-8-10-17(12-15(14)2)28-23-22(18-6-4-5-7-21(18)32-3)24(30)29(25(23)31)20-13-16(26)9-11-19(20)27/h4-13,28H,1-3H3. The molecule has 162 valence electrons. The highest BCUT2D eigenvalue weighted by Gasteiger charge is 2.42. The molecule has 1 N–H and O–H groups in total. The number of carbonyl (C=O) groups is 2. The van der Waals surface area contributed by atoms with Gasteiger partial charge in [0.15, 0.2) is 0 Å². The van der Waals surface area contributed by atoms with Gasteiger partial charge >= 0.3 is 0 Å². The molecule has 3 aromatic carbocycles. The van der Waals surface area contributed by atoms with E-state index in [0.717, 1.165) is 29.3 Å². The minimum absolute atomic E-state index is 0.00865. The predicted molar refractivity (Wildman–Crippen MR) is 118 cm³/mol. The number of hydrogen-bond donors (Lipinski definition) is 1. The number of para-hydroxylation sites is 1. The molecule has 0 atom stereocenters. The molecule has 0 radical (unpaired) electrons. The first-order valence-electron chi connectivity index (χ1n) is 9.87. The molecule has 0 saturated carbocycles. The molecule has 2 amide bonds. The summed E-state index contributed by atoms with van der Waals surface area (Å²) in [6, 6.07) is 14.8. The number of nitrogens with zero attached hydrogens (tertiary/aromatic N) is 1. The van der Waals surface area contributed by atoms with Crippen LogP contribution in [0.5, 0.6) is 5.75 Å². The van der Waals surface area contributed by atoms with Gasteiger partial charge in [0.2, 0.25) is 0 Å². The van der Waals surface area contributed by atoms with E-state index in [4.69, 9.17) is 4.74 Å². The Labute approximate surface area is 183 Å². The van der Waals surface area contributed by atoms with Crippen molar-refractivity contribution in [2.45, 2.75) is 13.8 Å². The normalized spacial score (nSPS) is 13.7. The van der Waals surface area contributed by atoms with Crippen LogP contribution in [0.4, 0.5) is 20.2 Å². The molecule has 0 fully saturated rings. The molecule has 32 heavy (non-hydrogen) atoms. The number of methoxy groups -OCH3 is 1. The summed E-state index contributed by atoms with van der Waals surface area (Å²) >= 11 is 0. The number of rotatable bonds is 5. The third kappa shape index (κ3) is 3.62. The summed E-state index contributed by atoms with van der Waals surface area (Å²) in [5, 5.41) is 3.02. The third-order valence-electron chi connectivity index (χ3n) is 5.39. The van der Waals surface area contributed by atoms with Crippen molar-refractivity contribution in [3.8, 4) is 5.75 Å². The van der Waals surface area contributed by atoms with Gasteiger partial charge in [0.1, 0.15) is 23.1 Å². The first-order chi connectivity index (χ1) is 15.3. The van der Waals surface area contributed by atoms with Gasteiger partial charge in [-0.1, -0.05) is 24.3 Å². The maximum Gasteiger partial charge on any atom is 0.282 e. The van der Waals surface area contributed by atoms with Gasteiger partial charge in [-0.05, 0) is 55.3 Å². The second-order valence-electron chi connectivity index (χ2n) is 7.42. The Balaban J connectivity index is 1.89. The topological polar surface area (TPSA) is 58.6 Å². The van der Waals surface area contributed by atoms with Gasteiger partial charge in [-0.2, -0.15) is 0 Å². The Morgan fingerprint density at radius 3 is 2.34 bits per heavy atom. The molecule has 7 heteroatoms. The van der Waals surface area contributed by atoms with Crippen LogP contribution in [0.2, 0.25) is 0 Å². The lowest BCUT2D eigenvalue weighted by Crippen LogP contribution is -2.33. The quantitative estimate of drug-likeness (QED) is 0.575. The summed E-state index contributed by atoms with van der Waals surface area (Å²) in [7, 11) is 1.45. The number of benzene rings is 3. The highest BCUT2D eigenvalue weighted by atomic mass is 19.1. The van der Waals surface area contributed by atoms with Gasteiger partial charge in [-0.15, -0.1) is 0 Å². The fourth-order valence-corrected chi connectivity index (χ4v) is 3.59. The van der Waals surface area contributed by atoms with E-state index in [1.807, 2.05) is 26.0 Å². The van der Waals surface area contributed by atoms with Crippen molar-refractivity contribution in [3.63, 3.8) is 0 Å². The number of nitrogens with one attached hydrogen (secondary N) is 1. The number of anilines is 2. The predicted octanol–water partition coefficient (Wildman–Crippen LogP) is 4.99. The van der Waals surface area contributed by atoms with Crippen LogP contribution in [0.3, 0.4) is 0 Å². The van der Waals surface area contributed by atoms with E-state index in [9.17, 15) is 18.4 Å². The maximum atomic E-state index is 14.5. The lowest BCUT2D eigenvalue weighted by atomic mass is 10.0. The first kappa shape index (κ1) is 21.2. The molecule has 5 nitrogen and oxygen atoms in total. The van der Waals surface area contributed by atoms with Crippen LogP contribution in [0, 0.1) is 25.5 Å². The Bertz CT molecular complexity index is 1280. The van der Waals surface area contributed by atoms with E-state index in [1.165, 1.54) is 7.11 Å². The molecule has 4 rings (SSSR count). The molecule has 0 saturated heterocycles. The summed E-state index contributed by atoms with van der Waals surface area (Å²) in [6.45, 7) is 3.88. The average Bonchev–Trinajstić information content (AvgIpc) is 3.01. The Kier molecular flexibility index (Phi) is 5.48. The number of carbonyl (C=O) groups excluding carboxylic acids is 2. The van der Waals surface area contributed by atoms with Gasteiger partial charge in [0.25, 0.3) is 11.8 Å². The highest BCUT2D eigenvalue weighted by Crippen LogP contribution is 2.38. The van der Waals surface area contributed by atoms with Crippen molar-refractivity contribution in [1.29, 1.82) is 0 Å². The number of aryl methyl sites for hydroxylation is 2. The summed E-state index contributed by atoms with van der Waals surface area (Å²) in [5.41, 5.74) is 2.49. The van der Waals surface area contributed by atoms with Gasteiger partial charge in [-0.3, -0.25) is 9.59 Å². The zero-order chi connectivity index (χ0) is 23.0. The molecular formula is C25H20F2N2O3. The minimum atomic E-state index is -0.889. The summed E-state index contributed by atoms with van der Waals surface area (Å²) < 4.78 is 33.8. The van der Waals surface area contributed by atoms with Crippen LogP contribution in [0.15, 0.2) is 66.4 Å². The van der Waals surface area contributed by atoms with Crippen LogP contribution in [-0.4, -0.2) is 18.9 Å². The zero-order valence-electron chi connectivity index (χ0n) is 17.7. The van der Waals surface area contributed by atoms with Crippen molar-refractivity contribution >= 4 is 28.8 Å². The molecule has 1 aliphatic rings. The third-order valence-corrected chi connectivity index (χ3v) is 5.39. The van der Waals surface area contributed by atoms with E-state index in [-0.39, 0.29) is 11.3 Å². The molecular weight excluding hydrogens is 414 g/mol. The molecule has 3 aromatic rings. The second kappa shape index (κ2) is 8.26. The van der Waals surface area contributed by atoms with E-state index in [1.54, 1.807) is 30.3 Å². The molecule has 0 bridgehead atoms. The molecule has 0 unspecified atom stereocenters. The van der Waals surface area contributed by atoms with E-state index in [0.29, 0.717) is 21.9 Å². The van der Waals surface area contributed by atoms with Crippen LogP contribution in [0.25, 0.3) is 5.57 Å². The Morgan fingerprint density at radius 2 is 1.62 bits per heavy atom. The van der Waals surface area contributed by atoms with Crippen molar-refractivity contribution in [2.24, 2.45) is 0 Å². The number of amides is 2. The number of ether oxygens (including phenoxy) is 1.